The van der Waals surface area contributed by atoms with Gasteiger partial charge in [-0.05, 0) is 35.4 Å². The Balaban J connectivity index is 1.83. The molecule has 0 unspecified atom stereocenters. The summed E-state index contributed by atoms with van der Waals surface area (Å²) in [5, 5.41) is 1.24. The Kier molecular flexibility index (Phi) is 3.72. The molecule has 4 rings (SSSR count). The van der Waals surface area contributed by atoms with Crippen molar-refractivity contribution in [3.8, 4) is 5.75 Å². The number of hydrogen-bond acceptors (Lipinski definition) is 1. The Morgan fingerprint density at radius 1 is 0.833 bits per heavy atom. The van der Waals surface area contributed by atoms with Crippen LogP contribution < -0.4 is 9.14 Å². The Morgan fingerprint density at radius 3 is 2.46 bits per heavy atom. The monoisotopic (exact) mass is 312 g/mol. The molecule has 2 aromatic carbocycles. The number of methoxy groups -OCH3 is 1. The quantitative estimate of drug-likeness (QED) is 0.393. The van der Waals surface area contributed by atoms with Gasteiger partial charge in [-0.15, -0.1) is 0 Å². The summed E-state index contributed by atoms with van der Waals surface area (Å²) in [4.78, 5) is 0. The largest absolute Gasteiger partial charge is 0.497 e. The molecule has 0 radical (unpaired) electrons. The summed E-state index contributed by atoms with van der Waals surface area (Å²) < 4.78 is 7.43. The molecule has 0 bridgehead atoms. The van der Waals surface area contributed by atoms with Gasteiger partial charge in [-0.2, -0.15) is 4.40 Å². The van der Waals surface area contributed by atoms with E-state index in [9.17, 15) is 0 Å². The summed E-state index contributed by atoms with van der Waals surface area (Å²) in [6.07, 6.45) is 6.42. The number of nitrogens with zero attached hydrogens (tertiary/aromatic N) is 1. The van der Waals surface area contributed by atoms with E-state index in [4.69, 9.17) is 4.74 Å². The molecular weight excluding hydrogens is 294 g/mol. The van der Waals surface area contributed by atoms with Gasteiger partial charge in [0.05, 0.1) is 12.5 Å². The molecule has 0 atom stereocenters. The molecule has 2 nitrogen and oxygen atoms in total. The average molecular weight is 312 g/mol. The van der Waals surface area contributed by atoms with Crippen LogP contribution in [0.15, 0.2) is 79.0 Å². The van der Waals surface area contributed by atoms with Crippen molar-refractivity contribution in [1.29, 1.82) is 0 Å². The molecule has 0 spiro atoms. The van der Waals surface area contributed by atoms with Gasteiger partial charge in [0.25, 0.3) is 0 Å². The highest BCUT2D eigenvalue weighted by molar-refractivity contribution is 5.90. The van der Waals surface area contributed by atoms with Crippen LogP contribution in [-0.4, -0.2) is 7.11 Å². The fourth-order valence-electron chi connectivity index (χ4n) is 3.00. The van der Waals surface area contributed by atoms with Crippen molar-refractivity contribution in [3.05, 3.63) is 90.1 Å². The molecule has 4 aromatic rings. The number of fused-ring (bicyclic) bond motifs is 3. The summed E-state index contributed by atoms with van der Waals surface area (Å²) in [5.74, 6) is 0.875. The lowest BCUT2D eigenvalue weighted by Gasteiger charge is -2.02. The van der Waals surface area contributed by atoms with Crippen LogP contribution in [0.1, 0.15) is 11.1 Å². The second-order valence-corrected chi connectivity index (χ2v) is 5.72. The Morgan fingerprint density at radius 2 is 1.62 bits per heavy atom. The molecule has 0 saturated carbocycles. The first-order valence-corrected chi connectivity index (χ1v) is 7.99. The Hall–Kier alpha value is -3.13. The summed E-state index contributed by atoms with van der Waals surface area (Å²) in [6, 6.07) is 25.1. The zero-order valence-electron chi connectivity index (χ0n) is 13.5. The third kappa shape index (κ3) is 2.63. The van der Waals surface area contributed by atoms with Crippen LogP contribution in [0.25, 0.3) is 28.6 Å². The molecule has 2 heteroatoms. The number of hydrogen-bond donors (Lipinski definition) is 0. The van der Waals surface area contributed by atoms with Crippen molar-refractivity contribution in [2.24, 2.45) is 0 Å². The van der Waals surface area contributed by atoms with Gasteiger partial charge in [0.2, 0.25) is 11.0 Å². The minimum atomic E-state index is 0.875. The number of benzene rings is 2. The van der Waals surface area contributed by atoms with Gasteiger partial charge in [0, 0.05) is 24.3 Å². The lowest BCUT2D eigenvalue weighted by atomic mass is 10.1. The zero-order valence-corrected chi connectivity index (χ0v) is 13.5. The van der Waals surface area contributed by atoms with E-state index in [1.54, 1.807) is 7.11 Å². The van der Waals surface area contributed by atoms with E-state index in [1.165, 1.54) is 22.0 Å². The molecule has 2 aromatic heterocycles. The Bertz CT molecular complexity index is 1030. The molecule has 2 heterocycles. The molecule has 0 amide bonds. The number of rotatable bonds is 3. The van der Waals surface area contributed by atoms with Crippen LogP contribution in [0, 0.1) is 0 Å². The highest BCUT2D eigenvalue weighted by atomic mass is 16.5. The Labute approximate surface area is 141 Å². The number of pyridine rings is 2. The third-order valence-electron chi connectivity index (χ3n) is 4.24. The van der Waals surface area contributed by atoms with Crippen LogP contribution in [0.5, 0.6) is 5.75 Å². The van der Waals surface area contributed by atoms with Crippen molar-refractivity contribution in [2.45, 2.75) is 0 Å². The summed E-state index contributed by atoms with van der Waals surface area (Å²) in [6.45, 7) is 0. The molecule has 0 N–H and O–H groups in total. The summed E-state index contributed by atoms with van der Waals surface area (Å²) in [5.41, 5.74) is 4.77. The molecule has 0 aliphatic carbocycles. The van der Waals surface area contributed by atoms with Crippen LogP contribution in [0.3, 0.4) is 0 Å². The fraction of sp³-hybridized carbons (Fsp3) is 0.0455. The highest BCUT2D eigenvalue weighted by Gasteiger charge is 2.10. The second kappa shape index (κ2) is 6.17. The van der Waals surface area contributed by atoms with Gasteiger partial charge < -0.3 is 4.74 Å². The summed E-state index contributed by atoms with van der Waals surface area (Å²) in [7, 11) is 1.68. The van der Waals surface area contributed by atoms with E-state index < -0.39 is 0 Å². The highest BCUT2D eigenvalue weighted by Crippen LogP contribution is 2.21. The molecule has 24 heavy (non-hydrogen) atoms. The lowest BCUT2D eigenvalue weighted by Crippen LogP contribution is -2.22. The topological polar surface area (TPSA) is 13.3 Å². The van der Waals surface area contributed by atoms with E-state index >= 15 is 0 Å². The van der Waals surface area contributed by atoms with Crippen molar-refractivity contribution >= 4 is 28.6 Å². The van der Waals surface area contributed by atoms with E-state index in [0.717, 1.165) is 11.3 Å². The minimum absolute atomic E-state index is 0.875. The third-order valence-corrected chi connectivity index (χ3v) is 4.24. The lowest BCUT2D eigenvalue weighted by molar-refractivity contribution is -0.481. The van der Waals surface area contributed by atoms with Crippen LogP contribution in [-0.2, 0) is 0 Å². The molecule has 0 saturated heterocycles. The minimum Gasteiger partial charge on any atom is -0.497 e. The maximum Gasteiger partial charge on any atom is 0.219 e. The molecule has 0 aliphatic rings. The average Bonchev–Trinajstić information content (AvgIpc) is 2.66. The van der Waals surface area contributed by atoms with Gasteiger partial charge in [0.1, 0.15) is 5.75 Å². The van der Waals surface area contributed by atoms with Gasteiger partial charge >= 0.3 is 0 Å². The van der Waals surface area contributed by atoms with E-state index in [1.807, 2.05) is 12.1 Å². The van der Waals surface area contributed by atoms with E-state index in [-0.39, 0.29) is 0 Å². The van der Waals surface area contributed by atoms with Crippen molar-refractivity contribution in [1.82, 2.24) is 0 Å². The van der Waals surface area contributed by atoms with Gasteiger partial charge in [-0.1, -0.05) is 36.4 Å². The second-order valence-electron chi connectivity index (χ2n) is 5.72. The fourth-order valence-corrected chi connectivity index (χ4v) is 3.00. The SMILES string of the molecule is COc1ccc(/C=C/c2cc3cccc[n+]3c3ccccc23)cc1. The number of ether oxygens (including phenoxy) is 1. The molecular formula is C22H18NO+. The number of aromatic nitrogens is 1. The van der Waals surface area contributed by atoms with Crippen LogP contribution in [0.2, 0.25) is 0 Å². The predicted molar refractivity (Wildman–Crippen MR) is 99.0 cm³/mol. The standard InChI is InChI=1S/C22H18NO/c1-24-20-13-10-17(11-14-20)9-12-18-16-19-6-4-5-15-23(19)22-8-3-2-7-21(18)22/h2-16H,1H3/q+1/b12-9+. The van der Waals surface area contributed by atoms with Crippen LogP contribution >= 0.6 is 0 Å². The maximum absolute atomic E-state index is 5.21. The predicted octanol–water partition coefficient (Wildman–Crippen LogP) is 4.76. The van der Waals surface area contributed by atoms with Crippen molar-refractivity contribution in [3.63, 3.8) is 0 Å². The van der Waals surface area contributed by atoms with E-state index in [0.29, 0.717) is 0 Å². The smallest absolute Gasteiger partial charge is 0.219 e. The number of para-hydroxylation sites is 1. The van der Waals surface area contributed by atoms with Gasteiger partial charge in [-0.25, -0.2) is 0 Å². The van der Waals surface area contributed by atoms with Crippen molar-refractivity contribution in [2.75, 3.05) is 7.11 Å². The first-order valence-electron chi connectivity index (χ1n) is 7.99. The maximum atomic E-state index is 5.21. The van der Waals surface area contributed by atoms with Crippen molar-refractivity contribution < 1.29 is 9.14 Å². The molecule has 116 valence electrons. The van der Waals surface area contributed by atoms with Gasteiger partial charge in [-0.3, -0.25) is 0 Å². The first kappa shape index (κ1) is 14.5. The molecule has 0 aliphatic heterocycles. The molecule has 0 fully saturated rings. The first-order chi connectivity index (χ1) is 11.8. The van der Waals surface area contributed by atoms with E-state index in [2.05, 4.69) is 83.4 Å². The normalized spacial score (nSPS) is 11.4. The zero-order chi connectivity index (χ0) is 16.4. The summed E-state index contributed by atoms with van der Waals surface area (Å²) >= 11 is 0. The van der Waals surface area contributed by atoms with Gasteiger partial charge in [0.15, 0.2) is 6.20 Å². The van der Waals surface area contributed by atoms with Crippen LogP contribution in [0.4, 0.5) is 0 Å².